The second kappa shape index (κ2) is 6.53. The molecule has 1 heterocycles. The van der Waals surface area contributed by atoms with Gasteiger partial charge in [-0.3, -0.25) is 0 Å². The Hall–Kier alpha value is -1.47. The van der Waals surface area contributed by atoms with Gasteiger partial charge in [-0.1, -0.05) is 37.3 Å². The van der Waals surface area contributed by atoms with E-state index in [9.17, 15) is 13.2 Å². The molecule has 0 aliphatic carbocycles. The fraction of sp³-hybridized carbons (Fsp3) is 0.429. The summed E-state index contributed by atoms with van der Waals surface area (Å²) in [6.45, 7) is 4.89. The van der Waals surface area contributed by atoms with Crippen molar-refractivity contribution in [2.24, 2.45) is 0 Å². The largest absolute Gasteiger partial charge is 0.416 e. The highest BCUT2D eigenvalue weighted by molar-refractivity contribution is 7.14. The van der Waals surface area contributed by atoms with Crippen molar-refractivity contribution in [1.29, 1.82) is 0 Å². The highest BCUT2D eigenvalue weighted by Gasteiger charge is 2.30. The summed E-state index contributed by atoms with van der Waals surface area (Å²) in [4.78, 5) is 0. The topological polar surface area (TPSA) is 37.8 Å². The maximum atomic E-state index is 12.5. The lowest BCUT2D eigenvalue weighted by atomic mass is 10.1. The summed E-state index contributed by atoms with van der Waals surface area (Å²) in [6, 6.07) is 5.13. The van der Waals surface area contributed by atoms with Crippen LogP contribution < -0.4 is 5.32 Å². The Morgan fingerprint density at radius 1 is 1.14 bits per heavy atom. The minimum atomic E-state index is -4.32. The number of nitrogens with zero attached hydrogens (tertiary/aromatic N) is 2. The zero-order chi connectivity index (χ0) is 15.5. The summed E-state index contributed by atoms with van der Waals surface area (Å²) in [5, 5.41) is 13.0. The number of rotatable bonds is 5. The Morgan fingerprint density at radius 3 is 2.33 bits per heavy atom. The molecule has 1 N–H and O–H groups in total. The number of hydrogen-bond acceptors (Lipinski definition) is 4. The van der Waals surface area contributed by atoms with E-state index in [1.54, 1.807) is 0 Å². The van der Waals surface area contributed by atoms with E-state index in [-0.39, 0.29) is 6.04 Å². The van der Waals surface area contributed by atoms with Gasteiger partial charge in [-0.2, -0.15) is 13.2 Å². The number of alkyl halides is 3. The highest BCUT2D eigenvalue weighted by atomic mass is 32.1. The molecule has 0 fully saturated rings. The van der Waals surface area contributed by atoms with Gasteiger partial charge < -0.3 is 5.32 Å². The molecule has 0 saturated carbocycles. The Labute approximate surface area is 125 Å². The molecule has 1 aromatic heterocycles. The molecule has 0 aliphatic rings. The molecule has 7 heteroatoms. The summed E-state index contributed by atoms with van der Waals surface area (Å²) in [6.07, 6.45) is -3.43. The van der Waals surface area contributed by atoms with E-state index < -0.39 is 11.7 Å². The number of halogens is 3. The second-order valence-electron chi connectivity index (χ2n) is 4.54. The summed E-state index contributed by atoms with van der Waals surface area (Å²) in [7, 11) is 0. The molecule has 0 amide bonds. The van der Waals surface area contributed by atoms with Gasteiger partial charge in [0, 0.05) is 5.56 Å². The van der Waals surface area contributed by atoms with Crippen LogP contribution in [0.4, 0.5) is 13.2 Å². The van der Waals surface area contributed by atoms with Gasteiger partial charge in [-0.05, 0) is 25.1 Å². The van der Waals surface area contributed by atoms with Crippen LogP contribution in [-0.4, -0.2) is 16.7 Å². The molecule has 0 radical (unpaired) electrons. The van der Waals surface area contributed by atoms with E-state index in [2.05, 4.69) is 15.5 Å². The standard InChI is InChI=1S/C14H16F3N3S/c1-3-11(18-4-2)13-20-19-12(21-13)9-5-7-10(8-6-9)14(15,16)17/h5-8,11,18H,3-4H2,1-2H3. The van der Waals surface area contributed by atoms with Gasteiger partial charge in [0.05, 0.1) is 11.6 Å². The van der Waals surface area contributed by atoms with Crippen molar-refractivity contribution in [3.05, 3.63) is 34.8 Å². The first-order valence-electron chi connectivity index (χ1n) is 6.70. The van der Waals surface area contributed by atoms with Crippen LogP contribution in [0.15, 0.2) is 24.3 Å². The molecule has 1 aromatic carbocycles. The Balaban J connectivity index is 2.21. The first-order chi connectivity index (χ1) is 9.95. The lowest BCUT2D eigenvalue weighted by Gasteiger charge is -2.11. The van der Waals surface area contributed by atoms with Crippen LogP contribution in [0.1, 0.15) is 36.9 Å². The van der Waals surface area contributed by atoms with Gasteiger partial charge in [0.1, 0.15) is 10.0 Å². The fourth-order valence-electron chi connectivity index (χ4n) is 1.95. The van der Waals surface area contributed by atoms with Crippen LogP contribution in [0, 0.1) is 0 Å². The van der Waals surface area contributed by atoms with Gasteiger partial charge >= 0.3 is 6.18 Å². The predicted octanol–water partition coefficient (Wildman–Crippen LogP) is 4.28. The average Bonchev–Trinajstić information content (AvgIpc) is 2.93. The predicted molar refractivity (Wildman–Crippen MR) is 77.1 cm³/mol. The highest BCUT2D eigenvalue weighted by Crippen LogP contribution is 2.32. The molecule has 2 aromatic rings. The van der Waals surface area contributed by atoms with E-state index in [1.807, 2.05) is 13.8 Å². The van der Waals surface area contributed by atoms with Crippen molar-refractivity contribution in [1.82, 2.24) is 15.5 Å². The number of nitrogens with one attached hydrogen (secondary N) is 1. The van der Waals surface area contributed by atoms with Gasteiger partial charge in [0.25, 0.3) is 0 Å². The summed E-state index contributed by atoms with van der Waals surface area (Å²) >= 11 is 1.41. The zero-order valence-corrected chi connectivity index (χ0v) is 12.6. The Morgan fingerprint density at radius 2 is 1.81 bits per heavy atom. The van der Waals surface area contributed by atoms with Gasteiger partial charge in [0.15, 0.2) is 0 Å². The molecule has 3 nitrogen and oxygen atoms in total. The first kappa shape index (κ1) is 15.9. The van der Waals surface area contributed by atoms with Gasteiger partial charge in [-0.25, -0.2) is 0 Å². The molecule has 21 heavy (non-hydrogen) atoms. The molecule has 114 valence electrons. The van der Waals surface area contributed by atoms with Crippen molar-refractivity contribution in [2.45, 2.75) is 32.5 Å². The lowest BCUT2D eigenvalue weighted by Crippen LogP contribution is -2.19. The quantitative estimate of drug-likeness (QED) is 0.894. The van der Waals surface area contributed by atoms with Crippen molar-refractivity contribution in [3.63, 3.8) is 0 Å². The summed E-state index contributed by atoms with van der Waals surface area (Å²) < 4.78 is 37.6. The summed E-state index contributed by atoms with van der Waals surface area (Å²) in [5.74, 6) is 0. The third kappa shape index (κ3) is 3.79. The SMILES string of the molecule is CCNC(CC)c1nnc(-c2ccc(C(F)(F)F)cc2)s1. The number of benzene rings is 1. The maximum absolute atomic E-state index is 12.5. The number of aromatic nitrogens is 2. The van der Waals surface area contributed by atoms with E-state index in [1.165, 1.54) is 23.5 Å². The molecule has 1 atom stereocenters. The minimum Gasteiger partial charge on any atom is -0.308 e. The second-order valence-corrected chi connectivity index (χ2v) is 5.55. The average molecular weight is 315 g/mol. The van der Waals surface area contributed by atoms with Crippen molar-refractivity contribution >= 4 is 11.3 Å². The first-order valence-corrected chi connectivity index (χ1v) is 7.51. The molecule has 0 saturated heterocycles. The van der Waals surface area contributed by atoms with Crippen LogP contribution >= 0.6 is 11.3 Å². The van der Waals surface area contributed by atoms with Crippen LogP contribution in [0.3, 0.4) is 0 Å². The molecular weight excluding hydrogens is 299 g/mol. The molecular formula is C14H16F3N3S. The molecule has 1 unspecified atom stereocenters. The summed E-state index contributed by atoms with van der Waals surface area (Å²) in [5.41, 5.74) is -0.00632. The third-order valence-corrected chi connectivity index (χ3v) is 4.14. The molecule has 0 bridgehead atoms. The van der Waals surface area contributed by atoms with E-state index in [0.29, 0.717) is 10.6 Å². The van der Waals surface area contributed by atoms with E-state index >= 15 is 0 Å². The number of hydrogen-bond donors (Lipinski definition) is 1. The van der Waals surface area contributed by atoms with Crippen molar-refractivity contribution < 1.29 is 13.2 Å². The van der Waals surface area contributed by atoms with Crippen LogP contribution in [0.25, 0.3) is 10.6 Å². The smallest absolute Gasteiger partial charge is 0.308 e. The fourth-order valence-corrected chi connectivity index (χ4v) is 2.95. The Kier molecular flexibility index (Phi) is 4.95. The van der Waals surface area contributed by atoms with E-state index in [0.717, 1.165) is 30.1 Å². The van der Waals surface area contributed by atoms with Crippen LogP contribution in [-0.2, 0) is 6.18 Å². The molecule has 2 rings (SSSR count). The lowest BCUT2D eigenvalue weighted by molar-refractivity contribution is -0.137. The molecule has 0 spiro atoms. The Bertz CT molecular complexity index is 578. The van der Waals surface area contributed by atoms with Crippen molar-refractivity contribution in [2.75, 3.05) is 6.54 Å². The van der Waals surface area contributed by atoms with E-state index in [4.69, 9.17) is 0 Å². The third-order valence-electron chi connectivity index (χ3n) is 3.06. The van der Waals surface area contributed by atoms with Crippen LogP contribution in [0.2, 0.25) is 0 Å². The zero-order valence-electron chi connectivity index (χ0n) is 11.7. The van der Waals surface area contributed by atoms with Gasteiger partial charge in [0.2, 0.25) is 0 Å². The molecule has 0 aliphatic heterocycles. The van der Waals surface area contributed by atoms with Crippen LogP contribution in [0.5, 0.6) is 0 Å². The minimum absolute atomic E-state index is 0.135. The maximum Gasteiger partial charge on any atom is 0.416 e. The normalized spacial score (nSPS) is 13.4. The monoisotopic (exact) mass is 315 g/mol. The van der Waals surface area contributed by atoms with Crippen molar-refractivity contribution in [3.8, 4) is 10.6 Å². The van der Waals surface area contributed by atoms with Gasteiger partial charge in [-0.15, -0.1) is 10.2 Å².